The minimum Gasteiger partial charge on any atom is -0.450 e. The van der Waals surface area contributed by atoms with Crippen LogP contribution in [-0.2, 0) is 27.4 Å². The zero-order chi connectivity index (χ0) is 20.5. The van der Waals surface area contributed by atoms with Crippen molar-refractivity contribution in [3.05, 3.63) is 35.4 Å². The van der Waals surface area contributed by atoms with E-state index in [4.69, 9.17) is 9.47 Å². The molecule has 1 heterocycles. The number of morpholine rings is 1. The summed E-state index contributed by atoms with van der Waals surface area (Å²) in [6.07, 6.45) is -0.311. The third-order valence-electron chi connectivity index (χ3n) is 4.69. The van der Waals surface area contributed by atoms with Crippen molar-refractivity contribution in [2.45, 2.75) is 52.9 Å². The Hall–Kier alpha value is -2.12. The minimum absolute atomic E-state index is 0.0425. The summed E-state index contributed by atoms with van der Waals surface area (Å²) in [6.45, 7) is 11.8. The molecular formula is C21H33N3O4. The van der Waals surface area contributed by atoms with Gasteiger partial charge in [0.2, 0.25) is 5.91 Å². The average Bonchev–Trinajstić information content (AvgIpc) is 2.64. The zero-order valence-electron chi connectivity index (χ0n) is 17.4. The van der Waals surface area contributed by atoms with Crippen molar-refractivity contribution in [3.8, 4) is 0 Å². The predicted octanol–water partition coefficient (Wildman–Crippen LogP) is 2.29. The fraction of sp³-hybridized carbons (Fsp3) is 0.619. The number of carbonyl (C=O) groups excluding carboxylic acids is 2. The lowest BCUT2D eigenvalue weighted by Crippen LogP contribution is -2.49. The third kappa shape index (κ3) is 7.13. The fourth-order valence-corrected chi connectivity index (χ4v) is 3.26. The quantitative estimate of drug-likeness (QED) is 0.711. The van der Waals surface area contributed by atoms with Crippen LogP contribution in [0.2, 0.25) is 0 Å². The predicted molar refractivity (Wildman–Crippen MR) is 108 cm³/mol. The molecule has 1 aliphatic rings. The first-order chi connectivity index (χ1) is 13.4. The number of nitrogens with zero attached hydrogens (tertiary/aromatic N) is 1. The van der Waals surface area contributed by atoms with Gasteiger partial charge in [0, 0.05) is 26.2 Å². The number of rotatable bonds is 8. The Kier molecular flexibility index (Phi) is 8.73. The highest BCUT2D eigenvalue weighted by Crippen LogP contribution is 2.12. The molecule has 0 aromatic heterocycles. The number of hydrogen-bond acceptors (Lipinski definition) is 5. The topological polar surface area (TPSA) is 79.9 Å². The molecule has 2 N–H and O–H groups in total. The van der Waals surface area contributed by atoms with E-state index in [1.807, 2.05) is 26.0 Å². The Morgan fingerprint density at radius 1 is 1.32 bits per heavy atom. The zero-order valence-corrected chi connectivity index (χ0v) is 17.4. The van der Waals surface area contributed by atoms with E-state index in [9.17, 15) is 9.59 Å². The lowest BCUT2D eigenvalue weighted by atomic mass is 10.0. The number of hydrogen-bond donors (Lipinski definition) is 2. The average molecular weight is 392 g/mol. The van der Waals surface area contributed by atoms with Gasteiger partial charge in [-0.2, -0.15) is 0 Å². The molecule has 0 saturated carbocycles. The van der Waals surface area contributed by atoms with Crippen molar-refractivity contribution in [2.24, 2.45) is 5.92 Å². The largest absolute Gasteiger partial charge is 0.450 e. The molecule has 1 saturated heterocycles. The van der Waals surface area contributed by atoms with Crippen molar-refractivity contribution in [3.63, 3.8) is 0 Å². The molecule has 2 amide bonds. The van der Waals surface area contributed by atoms with Gasteiger partial charge in [0.1, 0.15) is 6.04 Å². The highest BCUT2D eigenvalue weighted by Gasteiger charge is 2.24. The Balaban J connectivity index is 1.90. The van der Waals surface area contributed by atoms with E-state index in [-0.39, 0.29) is 24.5 Å². The van der Waals surface area contributed by atoms with Gasteiger partial charge in [0.15, 0.2) is 0 Å². The number of carbonyl (C=O) groups is 2. The first-order valence-corrected chi connectivity index (χ1v) is 10.0. The van der Waals surface area contributed by atoms with Crippen LogP contribution in [0.15, 0.2) is 24.3 Å². The molecule has 7 heteroatoms. The summed E-state index contributed by atoms with van der Waals surface area (Å²) in [4.78, 5) is 26.6. The Labute approximate surface area is 167 Å². The van der Waals surface area contributed by atoms with E-state index in [0.717, 1.165) is 31.8 Å². The van der Waals surface area contributed by atoms with E-state index in [0.29, 0.717) is 6.54 Å². The molecule has 156 valence electrons. The number of alkyl carbamates (subject to hydrolysis) is 1. The van der Waals surface area contributed by atoms with Crippen molar-refractivity contribution in [2.75, 3.05) is 26.3 Å². The summed E-state index contributed by atoms with van der Waals surface area (Å²) in [6, 6.07) is 7.60. The summed E-state index contributed by atoms with van der Waals surface area (Å²) in [5, 5.41) is 5.55. The van der Waals surface area contributed by atoms with Gasteiger partial charge < -0.3 is 20.1 Å². The monoisotopic (exact) mass is 391 g/mol. The Morgan fingerprint density at radius 2 is 2.07 bits per heavy atom. The van der Waals surface area contributed by atoms with Gasteiger partial charge in [0.25, 0.3) is 0 Å². The maximum absolute atomic E-state index is 12.5. The van der Waals surface area contributed by atoms with Crippen LogP contribution in [0.25, 0.3) is 0 Å². The highest BCUT2D eigenvalue weighted by molar-refractivity contribution is 5.85. The molecule has 0 aliphatic carbocycles. The van der Waals surface area contributed by atoms with Crippen molar-refractivity contribution >= 4 is 12.0 Å². The first kappa shape index (κ1) is 22.2. The fourth-order valence-electron chi connectivity index (χ4n) is 3.26. The third-order valence-corrected chi connectivity index (χ3v) is 4.69. The van der Waals surface area contributed by atoms with E-state index in [1.54, 1.807) is 6.92 Å². The smallest absolute Gasteiger partial charge is 0.407 e. The maximum atomic E-state index is 12.5. The number of benzene rings is 1. The van der Waals surface area contributed by atoms with Gasteiger partial charge in [-0.15, -0.1) is 0 Å². The number of amides is 2. The van der Waals surface area contributed by atoms with Crippen LogP contribution in [0.3, 0.4) is 0 Å². The van der Waals surface area contributed by atoms with Gasteiger partial charge in [0.05, 0.1) is 19.3 Å². The van der Waals surface area contributed by atoms with E-state index in [1.165, 1.54) is 5.56 Å². The van der Waals surface area contributed by atoms with Crippen molar-refractivity contribution in [1.82, 2.24) is 15.5 Å². The van der Waals surface area contributed by atoms with Crippen LogP contribution in [0.4, 0.5) is 4.79 Å². The molecule has 0 bridgehead atoms. The molecule has 2 rings (SSSR count). The SMILES string of the molecule is CCOC(=O)NC(C(=O)NCc1cccc(CN2CCOC(C)C2)c1)C(C)C. The molecule has 1 fully saturated rings. The summed E-state index contributed by atoms with van der Waals surface area (Å²) in [7, 11) is 0. The second-order valence-corrected chi connectivity index (χ2v) is 7.54. The minimum atomic E-state index is -0.628. The molecule has 0 radical (unpaired) electrons. The van der Waals surface area contributed by atoms with E-state index >= 15 is 0 Å². The molecule has 2 atom stereocenters. The van der Waals surface area contributed by atoms with Crippen LogP contribution in [0, 0.1) is 5.92 Å². The van der Waals surface area contributed by atoms with Crippen molar-refractivity contribution in [1.29, 1.82) is 0 Å². The summed E-state index contributed by atoms with van der Waals surface area (Å²) in [5.74, 6) is -0.255. The Bertz CT molecular complexity index is 650. The molecule has 7 nitrogen and oxygen atoms in total. The first-order valence-electron chi connectivity index (χ1n) is 10.0. The highest BCUT2D eigenvalue weighted by atomic mass is 16.5. The molecule has 0 spiro atoms. The molecule has 1 aliphatic heterocycles. The second-order valence-electron chi connectivity index (χ2n) is 7.54. The van der Waals surface area contributed by atoms with Gasteiger partial charge >= 0.3 is 6.09 Å². The van der Waals surface area contributed by atoms with Crippen LogP contribution in [0.1, 0.15) is 38.8 Å². The van der Waals surface area contributed by atoms with E-state index in [2.05, 4.69) is 34.6 Å². The molecule has 1 aromatic rings. The van der Waals surface area contributed by atoms with Crippen molar-refractivity contribution < 1.29 is 19.1 Å². The number of nitrogens with one attached hydrogen (secondary N) is 2. The summed E-state index contributed by atoms with van der Waals surface area (Å²) < 4.78 is 10.5. The Morgan fingerprint density at radius 3 is 2.75 bits per heavy atom. The van der Waals surface area contributed by atoms with Gasteiger partial charge in [-0.1, -0.05) is 38.1 Å². The number of ether oxygens (including phenoxy) is 2. The van der Waals surface area contributed by atoms with Crippen LogP contribution in [-0.4, -0.2) is 55.3 Å². The second kappa shape index (κ2) is 11.0. The van der Waals surface area contributed by atoms with Gasteiger partial charge in [-0.25, -0.2) is 4.79 Å². The normalized spacial score (nSPS) is 18.5. The lowest BCUT2D eigenvalue weighted by Gasteiger charge is -2.31. The summed E-state index contributed by atoms with van der Waals surface area (Å²) >= 11 is 0. The van der Waals surface area contributed by atoms with E-state index < -0.39 is 12.1 Å². The van der Waals surface area contributed by atoms with Crippen LogP contribution in [0.5, 0.6) is 0 Å². The maximum Gasteiger partial charge on any atom is 0.407 e. The standard InChI is InChI=1S/C21H33N3O4/c1-5-27-21(26)23-19(15(2)3)20(25)22-12-17-7-6-8-18(11-17)14-24-9-10-28-16(4)13-24/h6-8,11,15-16,19H,5,9-10,12-14H2,1-4H3,(H,22,25)(H,23,26). The van der Waals surface area contributed by atoms with Gasteiger partial charge in [-0.05, 0) is 30.9 Å². The van der Waals surface area contributed by atoms with Crippen LogP contribution < -0.4 is 10.6 Å². The van der Waals surface area contributed by atoms with Gasteiger partial charge in [-0.3, -0.25) is 9.69 Å². The van der Waals surface area contributed by atoms with Crippen LogP contribution >= 0.6 is 0 Å². The lowest BCUT2D eigenvalue weighted by molar-refractivity contribution is -0.124. The molecule has 1 aromatic carbocycles. The molecule has 28 heavy (non-hydrogen) atoms. The summed E-state index contributed by atoms with van der Waals surface area (Å²) in [5.41, 5.74) is 2.25. The molecular weight excluding hydrogens is 358 g/mol. The molecule has 2 unspecified atom stereocenters.